The maximum atomic E-state index is 10.5. The molecule has 1 N–H and O–H groups in total. The highest BCUT2D eigenvalue weighted by atomic mass is 16.3. The summed E-state index contributed by atoms with van der Waals surface area (Å²) < 4.78 is 0. The molecule has 20 heavy (non-hydrogen) atoms. The number of hydrogen-bond acceptors (Lipinski definition) is 2. The Morgan fingerprint density at radius 1 is 1.05 bits per heavy atom. The number of benzene rings is 2. The average molecular weight is 263 g/mol. The van der Waals surface area contributed by atoms with Crippen molar-refractivity contribution >= 4 is 10.8 Å². The molecule has 1 heterocycles. The lowest BCUT2D eigenvalue weighted by molar-refractivity contribution is 0.175. The second kappa shape index (κ2) is 5.43. The Labute approximate surface area is 118 Å². The molecule has 0 aliphatic heterocycles. The van der Waals surface area contributed by atoms with Crippen molar-refractivity contribution in [1.29, 1.82) is 0 Å². The third-order valence-corrected chi connectivity index (χ3v) is 3.53. The van der Waals surface area contributed by atoms with Crippen molar-refractivity contribution in [3.8, 4) is 0 Å². The van der Waals surface area contributed by atoms with Crippen LogP contribution in [0.25, 0.3) is 10.8 Å². The van der Waals surface area contributed by atoms with E-state index in [1.807, 2.05) is 42.5 Å². The topological polar surface area (TPSA) is 33.1 Å². The monoisotopic (exact) mass is 263 g/mol. The maximum Gasteiger partial charge on any atom is 0.101 e. The van der Waals surface area contributed by atoms with Crippen LogP contribution in [0.3, 0.4) is 0 Å². The van der Waals surface area contributed by atoms with Crippen LogP contribution in [0.5, 0.6) is 0 Å². The molecule has 1 unspecified atom stereocenters. The zero-order valence-electron chi connectivity index (χ0n) is 11.5. The van der Waals surface area contributed by atoms with Gasteiger partial charge in [-0.05, 0) is 23.9 Å². The molecule has 0 amide bonds. The van der Waals surface area contributed by atoms with E-state index in [4.69, 9.17) is 0 Å². The molecule has 3 rings (SSSR count). The van der Waals surface area contributed by atoms with Crippen molar-refractivity contribution in [1.82, 2.24) is 4.98 Å². The van der Waals surface area contributed by atoms with Crippen LogP contribution in [-0.4, -0.2) is 10.1 Å². The first-order valence-electron chi connectivity index (χ1n) is 6.81. The number of aliphatic hydroxyl groups is 1. The zero-order chi connectivity index (χ0) is 13.9. The fourth-order valence-electron chi connectivity index (χ4n) is 2.57. The van der Waals surface area contributed by atoms with Gasteiger partial charge >= 0.3 is 0 Å². The molecule has 2 heteroatoms. The second-order valence-corrected chi connectivity index (χ2v) is 5.13. The van der Waals surface area contributed by atoms with Gasteiger partial charge in [0, 0.05) is 18.0 Å². The summed E-state index contributed by atoms with van der Waals surface area (Å²) in [6, 6.07) is 18.2. The van der Waals surface area contributed by atoms with Crippen LogP contribution in [0.2, 0.25) is 0 Å². The molecule has 3 aromatic rings. The summed E-state index contributed by atoms with van der Waals surface area (Å²) in [5, 5.41) is 12.6. The number of aliphatic hydroxyl groups excluding tert-OH is 1. The lowest BCUT2D eigenvalue weighted by atomic mass is 10.00. The molecule has 0 aliphatic rings. The maximum absolute atomic E-state index is 10.5. The number of nitrogens with zero attached hydrogens (tertiary/aromatic N) is 1. The molecular weight excluding hydrogens is 246 g/mol. The lowest BCUT2D eigenvalue weighted by Crippen LogP contribution is -2.05. The van der Waals surface area contributed by atoms with Gasteiger partial charge in [0.25, 0.3) is 0 Å². The Balaban J connectivity index is 1.94. The van der Waals surface area contributed by atoms with Gasteiger partial charge in [0.05, 0.1) is 5.69 Å². The van der Waals surface area contributed by atoms with Gasteiger partial charge in [0.2, 0.25) is 0 Å². The predicted molar refractivity (Wildman–Crippen MR) is 81.6 cm³/mol. The van der Waals surface area contributed by atoms with Crippen molar-refractivity contribution in [3.05, 3.63) is 77.6 Å². The van der Waals surface area contributed by atoms with Gasteiger partial charge < -0.3 is 5.11 Å². The number of pyridine rings is 1. The van der Waals surface area contributed by atoms with E-state index in [1.165, 1.54) is 5.56 Å². The molecule has 1 aromatic heterocycles. The van der Waals surface area contributed by atoms with Crippen LogP contribution in [0.4, 0.5) is 0 Å². The number of rotatable bonds is 3. The number of aryl methyl sites for hydroxylation is 1. The highest BCUT2D eigenvalue weighted by Crippen LogP contribution is 2.24. The quantitative estimate of drug-likeness (QED) is 0.779. The third kappa shape index (κ3) is 2.56. The van der Waals surface area contributed by atoms with Crippen molar-refractivity contribution in [2.45, 2.75) is 19.4 Å². The first-order chi connectivity index (χ1) is 9.74. The average Bonchev–Trinajstić information content (AvgIpc) is 2.46. The van der Waals surface area contributed by atoms with E-state index in [1.54, 1.807) is 6.20 Å². The summed E-state index contributed by atoms with van der Waals surface area (Å²) in [6.45, 7) is 2.06. The van der Waals surface area contributed by atoms with Gasteiger partial charge in [-0.15, -0.1) is 0 Å². The Bertz CT molecular complexity index is 731. The van der Waals surface area contributed by atoms with E-state index in [0.29, 0.717) is 6.42 Å². The molecule has 0 radical (unpaired) electrons. The van der Waals surface area contributed by atoms with Crippen LogP contribution in [-0.2, 0) is 6.42 Å². The molecule has 0 fully saturated rings. The molecular formula is C18H17NO. The lowest BCUT2D eigenvalue weighted by Gasteiger charge is -2.13. The van der Waals surface area contributed by atoms with E-state index in [2.05, 4.69) is 24.0 Å². The fraction of sp³-hybridized carbons (Fsp3) is 0.167. The van der Waals surface area contributed by atoms with Crippen molar-refractivity contribution in [2.24, 2.45) is 0 Å². The Kier molecular flexibility index (Phi) is 3.48. The van der Waals surface area contributed by atoms with E-state index >= 15 is 0 Å². The van der Waals surface area contributed by atoms with Gasteiger partial charge in [-0.3, -0.25) is 4.98 Å². The van der Waals surface area contributed by atoms with Gasteiger partial charge in [-0.25, -0.2) is 0 Å². The largest absolute Gasteiger partial charge is 0.386 e. The summed E-state index contributed by atoms with van der Waals surface area (Å²) in [4.78, 5) is 4.38. The minimum absolute atomic E-state index is 0.581. The molecule has 1 atom stereocenters. The molecule has 2 aromatic carbocycles. The van der Waals surface area contributed by atoms with E-state index in [-0.39, 0.29) is 0 Å². The summed E-state index contributed by atoms with van der Waals surface area (Å²) in [5.74, 6) is 0. The Hall–Kier alpha value is -2.19. The number of aromatic nitrogens is 1. The van der Waals surface area contributed by atoms with Crippen LogP contribution in [0, 0.1) is 6.92 Å². The van der Waals surface area contributed by atoms with Crippen LogP contribution in [0.15, 0.2) is 60.8 Å². The van der Waals surface area contributed by atoms with E-state index < -0.39 is 6.10 Å². The van der Waals surface area contributed by atoms with E-state index in [0.717, 1.165) is 22.0 Å². The van der Waals surface area contributed by atoms with Gasteiger partial charge in [0.1, 0.15) is 6.10 Å². The van der Waals surface area contributed by atoms with Crippen molar-refractivity contribution < 1.29 is 5.11 Å². The van der Waals surface area contributed by atoms with Crippen LogP contribution < -0.4 is 0 Å². The second-order valence-electron chi connectivity index (χ2n) is 5.13. The molecule has 0 spiro atoms. The Morgan fingerprint density at radius 2 is 1.90 bits per heavy atom. The van der Waals surface area contributed by atoms with Crippen molar-refractivity contribution in [2.75, 3.05) is 0 Å². The van der Waals surface area contributed by atoms with Crippen LogP contribution in [0.1, 0.15) is 22.9 Å². The summed E-state index contributed by atoms with van der Waals surface area (Å²) >= 11 is 0. The molecule has 100 valence electrons. The van der Waals surface area contributed by atoms with Gasteiger partial charge in [0.15, 0.2) is 0 Å². The molecule has 0 saturated carbocycles. The number of hydrogen-bond donors (Lipinski definition) is 1. The first kappa shape index (κ1) is 12.8. The first-order valence-corrected chi connectivity index (χ1v) is 6.81. The predicted octanol–water partition coefficient (Wildman–Crippen LogP) is 3.82. The minimum atomic E-state index is -0.581. The zero-order valence-corrected chi connectivity index (χ0v) is 11.5. The van der Waals surface area contributed by atoms with Gasteiger partial charge in [-0.1, -0.05) is 54.1 Å². The molecule has 0 saturated heterocycles. The summed E-state index contributed by atoms with van der Waals surface area (Å²) in [5.41, 5.74) is 3.09. The van der Waals surface area contributed by atoms with Crippen LogP contribution >= 0.6 is 0 Å². The molecule has 0 aliphatic carbocycles. The smallest absolute Gasteiger partial charge is 0.101 e. The Morgan fingerprint density at radius 3 is 2.75 bits per heavy atom. The molecule has 0 bridgehead atoms. The summed E-state index contributed by atoms with van der Waals surface area (Å²) in [6.07, 6.45) is 1.77. The van der Waals surface area contributed by atoms with Crippen molar-refractivity contribution in [3.63, 3.8) is 0 Å². The molecule has 2 nitrogen and oxygen atoms in total. The normalized spacial score (nSPS) is 12.5. The fourth-order valence-corrected chi connectivity index (χ4v) is 2.57. The summed E-state index contributed by atoms with van der Waals surface area (Å²) in [7, 11) is 0. The SMILES string of the molecule is Cc1cccc(CC(O)c2nccc3ccccc23)c1. The van der Waals surface area contributed by atoms with Gasteiger partial charge in [-0.2, -0.15) is 0 Å². The standard InChI is InChI=1S/C18H17NO/c1-13-5-4-6-14(11-13)12-17(20)18-16-8-3-2-7-15(16)9-10-19-18/h2-11,17,20H,12H2,1H3. The van der Waals surface area contributed by atoms with E-state index in [9.17, 15) is 5.11 Å². The highest BCUT2D eigenvalue weighted by molar-refractivity contribution is 5.84. The third-order valence-electron chi connectivity index (χ3n) is 3.53. The minimum Gasteiger partial charge on any atom is -0.386 e. The highest BCUT2D eigenvalue weighted by Gasteiger charge is 2.13. The number of fused-ring (bicyclic) bond motifs is 1.